The van der Waals surface area contributed by atoms with Gasteiger partial charge in [0.1, 0.15) is 6.26 Å². The quantitative estimate of drug-likeness (QED) is 0.684. The molecule has 3 rings (SSSR count). The molecule has 21 heavy (non-hydrogen) atoms. The Morgan fingerprint density at radius 2 is 2.24 bits per heavy atom. The third-order valence-corrected chi connectivity index (χ3v) is 4.74. The zero-order valence-electron chi connectivity index (χ0n) is 11.6. The Kier molecular flexibility index (Phi) is 3.79. The summed E-state index contributed by atoms with van der Waals surface area (Å²) in [5, 5.41) is 13.7. The van der Waals surface area contributed by atoms with Crippen molar-refractivity contribution < 1.29 is 12.9 Å². The average molecular weight is 311 g/mol. The van der Waals surface area contributed by atoms with E-state index in [0.29, 0.717) is 23.8 Å². The molecule has 1 saturated carbocycles. The standard InChI is InChI=1S/C12H17N5O3S/c1-8-11(7-13-9-2-3-9)12(16-15-8)21(18,19)14-6-10-4-5-20-17-10/h4-5,9,13-14H,2-3,6-7H2,1H3,(H,15,16). The lowest BCUT2D eigenvalue weighted by atomic mass is 10.2. The Morgan fingerprint density at radius 1 is 1.43 bits per heavy atom. The van der Waals surface area contributed by atoms with Gasteiger partial charge in [-0.05, 0) is 19.8 Å². The van der Waals surface area contributed by atoms with Gasteiger partial charge in [0.25, 0.3) is 10.0 Å². The number of aromatic nitrogens is 3. The van der Waals surface area contributed by atoms with Crippen LogP contribution in [0.25, 0.3) is 0 Å². The van der Waals surface area contributed by atoms with E-state index in [0.717, 1.165) is 18.5 Å². The van der Waals surface area contributed by atoms with Crippen LogP contribution in [-0.4, -0.2) is 29.8 Å². The minimum Gasteiger partial charge on any atom is -0.364 e. The highest BCUT2D eigenvalue weighted by molar-refractivity contribution is 7.89. The molecule has 0 radical (unpaired) electrons. The highest BCUT2D eigenvalue weighted by Crippen LogP contribution is 2.22. The second kappa shape index (κ2) is 5.58. The van der Waals surface area contributed by atoms with Crippen molar-refractivity contribution in [1.29, 1.82) is 0 Å². The fourth-order valence-corrected chi connectivity index (χ4v) is 3.15. The van der Waals surface area contributed by atoms with Crippen LogP contribution in [0.5, 0.6) is 0 Å². The van der Waals surface area contributed by atoms with Crippen LogP contribution in [0.15, 0.2) is 21.9 Å². The molecule has 0 amide bonds. The molecule has 2 aromatic rings. The molecule has 0 bridgehead atoms. The third-order valence-electron chi connectivity index (χ3n) is 3.37. The lowest BCUT2D eigenvalue weighted by Crippen LogP contribution is -2.26. The van der Waals surface area contributed by atoms with Gasteiger partial charge < -0.3 is 9.84 Å². The van der Waals surface area contributed by atoms with Crippen LogP contribution in [0.2, 0.25) is 0 Å². The first-order valence-electron chi connectivity index (χ1n) is 6.72. The molecule has 0 atom stereocenters. The molecule has 114 valence electrons. The van der Waals surface area contributed by atoms with E-state index in [-0.39, 0.29) is 11.6 Å². The molecule has 1 aliphatic rings. The Balaban J connectivity index is 1.74. The zero-order valence-corrected chi connectivity index (χ0v) is 12.4. The predicted molar refractivity (Wildman–Crippen MR) is 73.7 cm³/mol. The maximum absolute atomic E-state index is 12.3. The van der Waals surface area contributed by atoms with Gasteiger partial charge in [0, 0.05) is 29.9 Å². The molecule has 0 saturated heterocycles. The number of hydrogen-bond acceptors (Lipinski definition) is 6. The number of H-pyrrole nitrogens is 1. The van der Waals surface area contributed by atoms with Gasteiger partial charge in [-0.1, -0.05) is 5.16 Å². The van der Waals surface area contributed by atoms with Crippen molar-refractivity contribution in [1.82, 2.24) is 25.4 Å². The normalized spacial score (nSPS) is 15.5. The van der Waals surface area contributed by atoms with Gasteiger partial charge in [0.2, 0.25) is 0 Å². The smallest absolute Gasteiger partial charge is 0.260 e. The van der Waals surface area contributed by atoms with Crippen molar-refractivity contribution in [3.8, 4) is 0 Å². The summed E-state index contributed by atoms with van der Waals surface area (Å²) in [5.41, 5.74) is 1.95. The minimum atomic E-state index is -3.69. The van der Waals surface area contributed by atoms with Crippen LogP contribution in [0, 0.1) is 6.92 Å². The number of aromatic amines is 1. The number of nitrogens with one attached hydrogen (secondary N) is 3. The topological polar surface area (TPSA) is 113 Å². The van der Waals surface area contributed by atoms with Crippen LogP contribution < -0.4 is 10.0 Å². The summed E-state index contributed by atoms with van der Waals surface area (Å²) < 4.78 is 31.8. The summed E-state index contributed by atoms with van der Waals surface area (Å²) in [4.78, 5) is 0. The van der Waals surface area contributed by atoms with Crippen molar-refractivity contribution in [2.45, 2.75) is 43.9 Å². The molecule has 2 aromatic heterocycles. The fraction of sp³-hybridized carbons (Fsp3) is 0.500. The molecular formula is C12H17N5O3S. The molecule has 0 spiro atoms. The Morgan fingerprint density at radius 3 is 2.90 bits per heavy atom. The van der Waals surface area contributed by atoms with Crippen LogP contribution in [0.4, 0.5) is 0 Å². The summed E-state index contributed by atoms with van der Waals surface area (Å²) in [6, 6.07) is 2.10. The van der Waals surface area contributed by atoms with Crippen LogP contribution in [0.1, 0.15) is 29.8 Å². The number of aryl methyl sites for hydroxylation is 1. The summed E-state index contributed by atoms with van der Waals surface area (Å²) in [5.74, 6) is 0. The SMILES string of the molecule is Cc1[nH]nc(S(=O)(=O)NCc2ccon2)c1CNC1CC1. The van der Waals surface area contributed by atoms with E-state index in [9.17, 15) is 8.42 Å². The molecule has 1 fully saturated rings. The summed E-state index contributed by atoms with van der Waals surface area (Å²) in [6.07, 6.45) is 3.68. The second-order valence-corrected chi connectivity index (χ2v) is 6.79. The molecule has 8 nitrogen and oxygen atoms in total. The van der Waals surface area contributed by atoms with E-state index in [1.165, 1.54) is 6.26 Å². The largest absolute Gasteiger partial charge is 0.364 e. The summed E-state index contributed by atoms with van der Waals surface area (Å²) in [7, 11) is -3.69. The van der Waals surface area contributed by atoms with Gasteiger partial charge in [-0.2, -0.15) is 5.10 Å². The predicted octanol–water partition coefficient (Wildman–Crippen LogP) is 0.437. The van der Waals surface area contributed by atoms with E-state index in [2.05, 4.69) is 29.9 Å². The van der Waals surface area contributed by atoms with Crippen LogP contribution >= 0.6 is 0 Å². The van der Waals surface area contributed by atoms with Gasteiger partial charge in [-0.25, -0.2) is 13.1 Å². The molecule has 0 unspecified atom stereocenters. The first-order chi connectivity index (χ1) is 10.1. The van der Waals surface area contributed by atoms with Gasteiger partial charge >= 0.3 is 0 Å². The van der Waals surface area contributed by atoms with E-state index >= 15 is 0 Å². The number of nitrogens with zero attached hydrogens (tertiary/aromatic N) is 2. The Labute approximate surface area is 122 Å². The van der Waals surface area contributed by atoms with Gasteiger partial charge in [-0.3, -0.25) is 5.10 Å². The molecule has 0 aromatic carbocycles. The van der Waals surface area contributed by atoms with Crippen molar-refractivity contribution >= 4 is 10.0 Å². The fourth-order valence-electron chi connectivity index (χ4n) is 1.96. The lowest BCUT2D eigenvalue weighted by molar-refractivity contribution is 0.411. The van der Waals surface area contributed by atoms with Crippen molar-refractivity contribution in [3.05, 3.63) is 29.3 Å². The molecule has 0 aliphatic heterocycles. The molecule has 1 aliphatic carbocycles. The van der Waals surface area contributed by atoms with Crippen molar-refractivity contribution in [3.63, 3.8) is 0 Å². The number of hydrogen-bond donors (Lipinski definition) is 3. The lowest BCUT2D eigenvalue weighted by Gasteiger charge is -2.07. The molecule has 3 N–H and O–H groups in total. The second-order valence-electron chi connectivity index (χ2n) is 5.10. The molecule has 9 heteroatoms. The van der Waals surface area contributed by atoms with Gasteiger partial charge in [0.05, 0.1) is 12.2 Å². The Bertz CT molecular complexity index is 703. The first-order valence-corrected chi connectivity index (χ1v) is 8.21. The highest BCUT2D eigenvalue weighted by atomic mass is 32.2. The maximum atomic E-state index is 12.3. The average Bonchev–Trinajstić information content (AvgIpc) is 2.98. The number of sulfonamides is 1. The van der Waals surface area contributed by atoms with Crippen LogP contribution in [0.3, 0.4) is 0 Å². The van der Waals surface area contributed by atoms with Crippen molar-refractivity contribution in [2.24, 2.45) is 0 Å². The van der Waals surface area contributed by atoms with E-state index in [1.54, 1.807) is 6.07 Å². The summed E-state index contributed by atoms with van der Waals surface area (Å²) >= 11 is 0. The first kappa shape index (κ1) is 14.2. The minimum absolute atomic E-state index is 0.0386. The number of rotatable bonds is 7. The third kappa shape index (κ3) is 3.31. The summed E-state index contributed by atoms with van der Waals surface area (Å²) in [6.45, 7) is 2.38. The van der Waals surface area contributed by atoms with E-state index in [4.69, 9.17) is 0 Å². The van der Waals surface area contributed by atoms with E-state index in [1.807, 2.05) is 6.92 Å². The van der Waals surface area contributed by atoms with Crippen LogP contribution in [-0.2, 0) is 23.1 Å². The highest BCUT2D eigenvalue weighted by Gasteiger charge is 2.26. The van der Waals surface area contributed by atoms with E-state index < -0.39 is 10.0 Å². The van der Waals surface area contributed by atoms with Gasteiger partial charge in [0.15, 0.2) is 5.03 Å². The maximum Gasteiger partial charge on any atom is 0.260 e. The molecular weight excluding hydrogens is 294 g/mol. The molecule has 2 heterocycles. The van der Waals surface area contributed by atoms with Crippen molar-refractivity contribution in [2.75, 3.05) is 0 Å². The van der Waals surface area contributed by atoms with Gasteiger partial charge in [-0.15, -0.1) is 0 Å². The monoisotopic (exact) mass is 311 g/mol. The zero-order chi connectivity index (χ0) is 14.9. The Hall–Kier alpha value is -1.71.